The van der Waals surface area contributed by atoms with E-state index in [-0.39, 0.29) is 16.7 Å². The molecule has 2 aromatic heterocycles. The molecule has 23 heavy (non-hydrogen) atoms. The van der Waals surface area contributed by atoms with Crippen molar-refractivity contribution in [3.63, 3.8) is 0 Å². The largest absolute Gasteiger partial charge is 0.439 e. The molecule has 0 aliphatic rings. The molecule has 1 aromatic carbocycles. The second-order valence-corrected chi connectivity index (χ2v) is 4.98. The van der Waals surface area contributed by atoms with E-state index in [2.05, 4.69) is 9.97 Å². The van der Waals surface area contributed by atoms with E-state index in [9.17, 15) is 10.1 Å². The van der Waals surface area contributed by atoms with Crippen LogP contribution in [0.1, 0.15) is 0 Å². The molecule has 114 valence electrons. The Balaban J connectivity index is 1.93. The van der Waals surface area contributed by atoms with Crippen LogP contribution < -0.4 is 4.74 Å². The summed E-state index contributed by atoms with van der Waals surface area (Å²) in [6.45, 7) is 0. The van der Waals surface area contributed by atoms with Crippen molar-refractivity contribution in [3.8, 4) is 22.9 Å². The second kappa shape index (κ2) is 6.41. The molecule has 0 aliphatic heterocycles. The molecule has 3 rings (SSSR count). The number of non-ortho nitro benzene ring substituents is 1. The monoisotopic (exact) mass is 327 g/mol. The van der Waals surface area contributed by atoms with Crippen LogP contribution in [0.2, 0.25) is 5.15 Å². The fourth-order valence-corrected chi connectivity index (χ4v) is 2.19. The standard InChI is InChI=1S/C16H10ClN3O3/c17-15-8-11(14-6-1-2-7-18-14)9-16(19-15)23-13-5-3-4-12(10-13)20(21)22/h1-10H. The predicted octanol–water partition coefficient (Wildman–Crippen LogP) is 4.50. The smallest absolute Gasteiger partial charge is 0.273 e. The highest BCUT2D eigenvalue weighted by Gasteiger charge is 2.10. The van der Waals surface area contributed by atoms with Gasteiger partial charge in [0, 0.05) is 23.9 Å². The van der Waals surface area contributed by atoms with Gasteiger partial charge in [-0.3, -0.25) is 15.1 Å². The summed E-state index contributed by atoms with van der Waals surface area (Å²) in [5.74, 6) is 0.541. The maximum absolute atomic E-state index is 10.8. The number of nitrogens with zero attached hydrogens (tertiary/aromatic N) is 3. The quantitative estimate of drug-likeness (QED) is 0.400. The molecule has 0 spiro atoms. The first-order chi connectivity index (χ1) is 11.1. The molecule has 3 aromatic rings. The van der Waals surface area contributed by atoms with E-state index in [4.69, 9.17) is 16.3 Å². The number of benzene rings is 1. The van der Waals surface area contributed by atoms with Crippen molar-refractivity contribution in [2.24, 2.45) is 0 Å². The Morgan fingerprint density at radius 2 is 1.96 bits per heavy atom. The van der Waals surface area contributed by atoms with Gasteiger partial charge in [0.1, 0.15) is 10.9 Å². The highest BCUT2D eigenvalue weighted by Crippen LogP contribution is 2.29. The normalized spacial score (nSPS) is 10.3. The molecule has 0 N–H and O–H groups in total. The van der Waals surface area contributed by atoms with Gasteiger partial charge in [0.05, 0.1) is 16.7 Å². The first-order valence-electron chi connectivity index (χ1n) is 6.63. The van der Waals surface area contributed by atoms with Gasteiger partial charge >= 0.3 is 0 Å². The van der Waals surface area contributed by atoms with Gasteiger partial charge in [-0.15, -0.1) is 0 Å². The zero-order chi connectivity index (χ0) is 16.2. The summed E-state index contributed by atoms with van der Waals surface area (Å²) < 4.78 is 5.58. The van der Waals surface area contributed by atoms with Gasteiger partial charge in [0.15, 0.2) is 0 Å². The van der Waals surface area contributed by atoms with Gasteiger partial charge in [-0.25, -0.2) is 4.98 Å². The molecule has 0 amide bonds. The van der Waals surface area contributed by atoms with E-state index in [1.54, 1.807) is 24.4 Å². The van der Waals surface area contributed by atoms with E-state index < -0.39 is 4.92 Å². The summed E-state index contributed by atoms with van der Waals surface area (Å²) in [5.41, 5.74) is 1.40. The van der Waals surface area contributed by atoms with E-state index in [1.807, 2.05) is 18.2 Å². The Labute approximate surface area is 136 Å². The minimum Gasteiger partial charge on any atom is -0.439 e. The average Bonchev–Trinajstić information content (AvgIpc) is 2.55. The lowest BCUT2D eigenvalue weighted by atomic mass is 10.2. The first kappa shape index (κ1) is 14.9. The van der Waals surface area contributed by atoms with E-state index in [0.29, 0.717) is 5.75 Å². The number of nitro groups is 1. The summed E-state index contributed by atoms with van der Waals surface area (Å²) in [7, 11) is 0. The average molecular weight is 328 g/mol. The van der Waals surface area contributed by atoms with Crippen molar-refractivity contribution < 1.29 is 9.66 Å². The molecule has 7 heteroatoms. The minimum atomic E-state index is -0.489. The van der Waals surface area contributed by atoms with Crippen LogP contribution in [-0.4, -0.2) is 14.9 Å². The van der Waals surface area contributed by atoms with Crippen LogP contribution in [0.4, 0.5) is 5.69 Å². The number of ether oxygens (including phenoxy) is 1. The van der Waals surface area contributed by atoms with Gasteiger partial charge in [-0.05, 0) is 24.3 Å². The molecular formula is C16H10ClN3O3. The molecule has 0 unspecified atom stereocenters. The molecule has 0 fully saturated rings. The van der Waals surface area contributed by atoms with Crippen molar-refractivity contribution in [3.05, 3.63) is 76.1 Å². The van der Waals surface area contributed by atoms with Crippen molar-refractivity contribution in [2.45, 2.75) is 0 Å². The lowest BCUT2D eigenvalue weighted by molar-refractivity contribution is -0.384. The van der Waals surface area contributed by atoms with Gasteiger partial charge < -0.3 is 4.74 Å². The highest BCUT2D eigenvalue weighted by molar-refractivity contribution is 6.29. The van der Waals surface area contributed by atoms with Crippen molar-refractivity contribution >= 4 is 17.3 Å². The van der Waals surface area contributed by atoms with E-state index >= 15 is 0 Å². The van der Waals surface area contributed by atoms with E-state index in [0.717, 1.165) is 11.3 Å². The summed E-state index contributed by atoms with van der Waals surface area (Å²) in [6.07, 6.45) is 1.67. The summed E-state index contributed by atoms with van der Waals surface area (Å²) in [5, 5.41) is 11.0. The number of hydrogen-bond acceptors (Lipinski definition) is 5. The van der Waals surface area contributed by atoms with Crippen molar-refractivity contribution in [2.75, 3.05) is 0 Å². The fourth-order valence-electron chi connectivity index (χ4n) is 1.99. The van der Waals surface area contributed by atoms with Crippen molar-refractivity contribution in [1.82, 2.24) is 9.97 Å². The van der Waals surface area contributed by atoms with Gasteiger partial charge in [0.25, 0.3) is 5.69 Å². The second-order valence-electron chi connectivity index (χ2n) is 4.59. The molecule has 0 saturated carbocycles. The van der Waals surface area contributed by atoms with Crippen LogP contribution in [0.3, 0.4) is 0 Å². The Hall–Kier alpha value is -2.99. The maximum Gasteiger partial charge on any atom is 0.273 e. The lowest BCUT2D eigenvalue weighted by Crippen LogP contribution is -1.92. The third-order valence-corrected chi connectivity index (χ3v) is 3.18. The molecule has 2 heterocycles. The number of aromatic nitrogens is 2. The van der Waals surface area contributed by atoms with Gasteiger partial charge in [-0.1, -0.05) is 23.7 Å². The third kappa shape index (κ3) is 3.61. The number of hydrogen-bond donors (Lipinski definition) is 0. The number of pyridine rings is 2. The van der Waals surface area contributed by atoms with E-state index in [1.165, 1.54) is 18.2 Å². The Morgan fingerprint density at radius 1 is 1.09 bits per heavy atom. The van der Waals surface area contributed by atoms with Crippen molar-refractivity contribution in [1.29, 1.82) is 0 Å². The molecule has 0 saturated heterocycles. The SMILES string of the molecule is O=[N+]([O-])c1cccc(Oc2cc(-c3ccccn3)cc(Cl)n2)c1. The number of nitro benzene ring substituents is 1. The minimum absolute atomic E-state index is 0.0607. The fraction of sp³-hybridized carbons (Fsp3) is 0. The molecule has 0 radical (unpaired) electrons. The highest BCUT2D eigenvalue weighted by atomic mass is 35.5. The number of halogens is 1. The first-order valence-corrected chi connectivity index (χ1v) is 7.01. The number of rotatable bonds is 4. The summed E-state index contributed by atoms with van der Waals surface area (Å²) >= 11 is 6.02. The summed E-state index contributed by atoms with van der Waals surface area (Å²) in [4.78, 5) is 18.6. The topological polar surface area (TPSA) is 78.2 Å². The van der Waals surface area contributed by atoms with Gasteiger partial charge in [0.2, 0.25) is 5.88 Å². The Bertz CT molecular complexity index is 856. The molecule has 6 nitrogen and oxygen atoms in total. The van der Waals surface area contributed by atoms with Crippen LogP contribution in [0, 0.1) is 10.1 Å². The van der Waals surface area contributed by atoms with Crippen LogP contribution in [0.25, 0.3) is 11.3 Å². The molecule has 0 bridgehead atoms. The maximum atomic E-state index is 10.8. The molecule has 0 atom stereocenters. The third-order valence-electron chi connectivity index (χ3n) is 2.98. The predicted molar refractivity (Wildman–Crippen MR) is 85.6 cm³/mol. The lowest BCUT2D eigenvalue weighted by Gasteiger charge is -2.07. The van der Waals surface area contributed by atoms with Crippen LogP contribution in [-0.2, 0) is 0 Å². The van der Waals surface area contributed by atoms with Crippen LogP contribution in [0.5, 0.6) is 11.6 Å². The van der Waals surface area contributed by atoms with Crippen LogP contribution >= 0.6 is 11.6 Å². The zero-order valence-electron chi connectivity index (χ0n) is 11.7. The zero-order valence-corrected chi connectivity index (χ0v) is 12.5. The Kier molecular flexibility index (Phi) is 4.16. The molecular weight excluding hydrogens is 318 g/mol. The molecule has 0 aliphatic carbocycles. The Morgan fingerprint density at radius 3 is 2.70 bits per heavy atom. The van der Waals surface area contributed by atoms with Gasteiger partial charge in [-0.2, -0.15) is 0 Å². The summed E-state index contributed by atoms with van der Waals surface area (Å²) in [6, 6.07) is 14.7. The van der Waals surface area contributed by atoms with Crippen LogP contribution in [0.15, 0.2) is 60.8 Å².